The minimum absolute atomic E-state index is 0.0773. The highest BCUT2D eigenvalue weighted by Crippen LogP contribution is 2.25. The van der Waals surface area contributed by atoms with Gasteiger partial charge < -0.3 is 4.74 Å². The van der Waals surface area contributed by atoms with Gasteiger partial charge in [0.25, 0.3) is 5.24 Å². The van der Waals surface area contributed by atoms with Crippen LogP contribution in [-0.2, 0) is 0 Å². The van der Waals surface area contributed by atoms with Crippen molar-refractivity contribution in [3.63, 3.8) is 0 Å². The molecule has 1 aromatic rings. The second kappa shape index (κ2) is 4.19. The zero-order chi connectivity index (χ0) is 10.7. The zero-order valence-electron chi connectivity index (χ0n) is 7.21. The summed E-state index contributed by atoms with van der Waals surface area (Å²) in [5, 5.41) is -0.927. The first kappa shape index (κ1) is 10.7. The van der Waals surface area contributed by atoms with E-state index in [1.807, 2.05) is 0 Å². The van der Waals surface area contributed by atoms with Crippen LogP contribution in [0.1, 0.15) is 20.7 Å². The number of hydrogen-bond acceptors (Lipinski definition) is 3. The summed E-state index contributed by atoms with van der Waals surface area (Å²) in [5.41, 5.74) is -0.631. The average Bonchev–Trinajstić information content (AvgIpc) is 2.17. The lowest BCUT2D eigenvalue weighted by molar-refractivity contribution is 0.106. The summed E-state index contributed by atoms with van der Waals surface area (Å²) in [6, 6.07) is 2.27. The highest BCUT2D eigenvalue weighted by molar-refractivity contribution is 6.68. The summed E-state index contributed by atoms with van der Waals surface area (Å²) in [4.78, 5) is 21.4. The summed E-state index contributed by atoms with van der Waals surface area (Å²) < 4.78 is 17.8. The van der Waals surface area contributed by atoms with E-state index in [2.05, 4.69) is 0 Å². The molecule has 0 spiro atoms. The summed E-state index contributed by atoms with van der Waals surface area (Å²) in [6.07, 6.45) is 0.230. The van der Waals surface area contributed by atoms with Gasteiger partial charge in [0.1, 0.15) is 11.6 Å². The minimum atomic E-state index is -0.927. The Morgan fingerprint density at radius 3 is 2.64 bits per heavy atom. The van der Waals surface area contributed by atoms with Crippen molar-refractivity contribution in [3.8, 4) is 5.75 Å². The largest absolute Gasteiger partial charge is 0.496 e. The summed E-state index contributed by atoms with van der Waals surface area (Å²) in [5.74, 6) is -0.724. The standard InChI is InChI=1S/C9H6ClFO3/c1-14-7-3-2-6(11)5(4-12)8(7)9(10)13/h2-4H,1H3. The van der Waals surface area contributed by atoms with Gasteiger partial charge in [-0.05, 0) is 23.7 Å². The Morgan fingerprint density at radius 1 is 1.57 bits per heavy atom. The third-order valence-electron chi connectivity index (χ3n) is 1.69. The third-order valence-corrected chi connectivity index (χ3v) is 1.88. The van der Waals surface area contributed by atoms with Gasteiger partial charge in [-0.25, -0.2) is 4.39 Å². The van der Waals surface area contributed by atoms with Crippen molar-refractivity contribution >= 4 is 23.1 Å². The molecule has 0 saturated heterocycles. The number of hydrogen-bond donors (Lipinski definition) is 0. The van der Waals surface area contributed by atoms with E-state index < -0.39 is 11.1 Å². The second-order valence-corrected chi connectivity index (χ2v) is 2.77. The smallest absolute Gasteiger partial charge is 0.256 e. The van der Waals surface area contributed by atoms with Crippen LogP contribution >= 0.6 is 11.6 Å². The number of methoxy groups -OCH3 is 1. The lowest BCUT2D eigenvalue weighted by Gasteiger charge is -2.07. The van der Waals surface area contributed by atoms with E-state index in [4.69, 9.17) is 16.3 Å². The molecule has 0 aliphatic rings. The molecule has 0 aliphatic carbocycles. The van der Waals surface area contributed by atoms with Crippen LogP contribution in [0.15, 0.2) is 12.1 Å². The predicted octanol–water partition coefficient (Wildman–Crippen LogP) is 2.03. The predicted molar refractivity (Wildman–Crippen MR) is 48.5 cm³/mol. The molecule has 0 aliphatic heterocycles. The highest BCUT2D eigenvalue weighted by atomic mass is 35.5. The van der Waals surface area contributed by atoms with Crippen molar-refractivity contribution in [2.75, 3.05) is 7.11 Å². The van der Waals surface area contributed by atoms with Gasteiger partial charge in [0.05, 0.1) is 18.2 Å². The number of benzene rings is 1. The first-order valence-electron chi connectivity index (χ1n) is 3.63. The molecule has 0 unspecified atom stereocenters. The van der Waals surface area contributed by atoms with Gasteiger partial charge in [0, 0.05) is 0 Å². The Labute approximate surface area is 84.4 Å². The van der Waals surface area contributed by atoms with Crippen molar-refractivity contribution in [2.45, 2.75) is 0 Å². The second-order valence-electron chi connectivity index (χ2n) is 2.43. The number of halogens is 2. The van der Waals surface area contributed by atoms with Crippen LogP contribution in [0.25, 0.3) is 0 Å². The molecule has 0 saturated carbocycles. The number of ether oxygens (including phenoxy) is 1. The van der Waals surface area contributed by atoms with Crippen molar-refractivity contribution in [1.82, 2.24) is 0 Å². The molecule has 0 atom stereocenters. The topological polar surface area (TPSA) is 43.4 Å². The van der Waals surface area contributed by atoms with Gasteiger partial charge in [-0.2, -0.15) is 0 Å². The Balaban J connectivity index is 3.51. The average molecular weight is 217 g/mol. The molecule has 0 fully saturated rings. The molecule has 74 valence electrons. The molecular formula is C9H6ClFO3. The number of carbonyl (C=O) groups is 2. The van der Waals surface area contributed by atoms with Crippen LogP contribution in [0.5, 0.6) is 5.75 Å². The summed E-state index contributed by atoms with van der Waals surface area (Å²) in [7, 11) is 1.30. The molecule has 1 aromatic carbocycles. The van der Waals surface area contributed by atoms with Crippen LogP contribution in [0.4, 0.5) is 4.39 Å². The van der Waals surface area contributed by atoms with Gasteiger partial charge in [-0.3, -0.25) is 9.59 Å². The maximum absolute atomic E-state index is 13.0. The normalized spacial score (nSPS) is 9.64. The molecule has 0 radical (unpaired) electrons. The van der Waals surface area contributed by atoms with Crippen molar-refractivity contribution in [3.05, 3.63) is 29.1 Å². The Hall–Kier alpha value is -1.42. The molecule has 0 aromatic heterocycles. The van der Waals surface area contributed by atoms with E-state index in [1.165, 1.54) is 13.2 Å². The lowest BCUT2D eigenvalue weighted by atomic mass is 10.1. The fourth-order valence-electron chi connectivity index (χ4n) is 1.06. The van der Waals surface area contributed by atoms with Crippen LogP contribution in [0, 0.1) is 5.82 Å². The minimum Gasteiger partial charge on any atom is -0.496 e. The molecular weight excluding hydrogens is 211 g/mol. The molecule has 5 heteroatoms. The van der Waals surface area contributed by atoms with E-state index in [0.717, 1.165) is 6.07 Å². The Kier molecular flexibility index (Phi) is 3.19. The first-order valence-corrected chi connectivity index (χ1v) is 4.01. The van der Waals surface area contributed by atoms with Crippen LogP contribution in [0.3, 0.4) is 0 Å². The zero-order valence-corrected chi connectivity index (χ0v) is 7.97. The number of rotatable bonds is 3. The summed E-state index contributed by atoms with van der Waals surface area (Å²) in [6.45, 7) is 0. The van der Waals surface area contributed by atoms with Gasteiger partial charge in [-0.15, -0.1) is 0 Å². The maximum Gasteiger partial charge on any atom is 0.256 e. The van der Waals surface area contributed by atoms with Crippen LogP contribution in [0.2, 0.25) is 0 Å². The van der Waals surface area contributed by atoms with E-state index >= 15 is 0 Å². The Bertz CT molecular complexity index is 390. The van der Waals surface area contributed by atoms with Crippen molar-refractivity contribution in [1.29, 1.82) is 0 Å². The van der Waals surface area contributed by atoms with E-state index in [-0.39, 0.29) is 23.2 Å². The number of aldehydes is 1. The number of carbonyl (C=O) groups excluding carboxylic acids is 2. The highest BCUT2D eigenvalue weighted by Gasteiger charge is 2.18. The maximum atomic E-state index is 13.0. The van der Waals surface area contributed by atoms with Crippen molar-refractivity contribution in [2.24, 2.45) is 0 Å². The van der Waals surface area contributed by atoms with E-state index in [9.17, 15) is 14.0 Å². The molecule has 3 nitrogen and oxygen atoms in total. The monoisotopic (exact) mass is 216 g/mol. The van der Waals surface area contributed by atoms with E-state index in [0.29, 0.717) is 0 Å². The van der Waals surface area contributed by atoms with Crippen LogP contribution < -0.4 is 4.74 Å². The lowest BCUT2D eigenvalue weighted by Crippen LogP contribution is -2.03. The summed E-state index contributed by atoms with van der Waals surface area (Å²) >= 11 is 5.20. The fraction of sp³-hybridized carbons (Fsp3) is 0.111. The third kappa shape index (κ3) is 1.75. The first-order chi connectivity index (χ1) is 6.61. The molecule has 0 bridgehead atoms. The van der Waals surface area contributed by atoms with Gasteiger partial charge >= 0.3 is 0 Å². The molecule has 0 N–H and O–H groups in total. The van der Waals surface area contributed by atoms with Gasteiger partial charge in [0.15, 0.2) is 6.29 Å². The quantitative estimate of drug-likeness (QED) is 0.574. The van der Waals surface area contributed by atoms with E-state index in [1.54, 1.807) is 0 Å². The SMILES string of the molecule is COc1ccc(F)c(C=O)c1C(=O)Cl. The van der Waals surface area contributed by atoms with Crippen LogP contribution in [-0.4, -0.2) is 18.6 Å². The fourth-order valence-corrected chi connectivity index (χ4v) is 1.26. The molecule has 0 heterocycles. The Morgan fingerprint density at radius 2 is 2.21 bits per heavy atom. The molecule has 0 amide bonds. The van der Waals surface area contributed by atoms with Gasteiger partial charge in [-0.1, -0.05) is 0 Å². The molecule has 14 heavy (non-hydrogen) atoms. The molecule has 1 rings (SSSR count). The van der Waals surface area contributed by atoms with Gasteiger partial charge in [0.2, 0.25) is 0 Å². The van der Waals surface area contributed by atoms with Crippen molar-refractivity contribution < 1.29 is 18.7 Å².